The zero-order chi connectivity index (χ0) is 9.26. The predicted molar refractivity (Wildman–Crippen MR) is 49.6 cm³/mol. The number of hydrogen-bond donors (Lipinski definition) is 0. The summed E-state index contributed by atoms with van der Waals surface area (Å²) in [5, 5.41) is 3.64. The molecule has 0 spiro atoms. The molecule has 66 valence electrons. The third-order valence-corrected chi connectivity index (χ3v) is 1.96. The van der Waals surface area contributed by atoms with E-state index < -0.39 is 0 Å². The van der Waals surface area contributed by atoms with Crippen LogP contribution in [0.4, 0.5) is 4.39 Å². The van der Waals surface area contributed by atoms with E-state index in [4.69, 9.17) is 4.52 Å². The van der Waals surface area contributed by atoms with E-state index in [0.29, 0.717) is 15.9 Å². The molecule has 13 heavy (non-hydrogen) atoms. The van der Waals surface area contributed by atoms with Gasteiger partial charge in [0.05, 0.1) is 0 Å². The van der Waals surface area contributed by atoms with Crippen molar-refractivity contribution in [1.82, 2.24) is 5.16 Å². The average Bonchev–Trinajstić information content (AvgIpc) is 2.52. The van der Waals surface area contributed by atoms with Gasteiger partial charge < -0.3 is 4.52 Å². The molecule has 0 saturated heterocycles. The Bertz CT molecular complexity index is 427. The van der Waals surface area contributed by atoms with Crippen molar-refractivity contribution in [3.05, 3.63) is 40.8 Å². The topological polar surface area (TPSA) is 26.0 Å². The maximum Gasteiger partial charge on any atom is 0.168 e. The highest BCUT2D eigenvalue weighted by Crippen LogP contribution is 2.22. The van der Waals surface area contributed by atoms with E-state index in [1.165, 1.54) is 12.1 Å². The average molecular weight is 242 g/mol. The van der Waals surface area contributed by atoms with Crippen LogP contribution >= 0.6 is 15.9 Å². The quantitative estimate of drug-likeness (QED) is 0.767. The fraction of sp³-hybridized carbons (Fsp3) is 0. The molecule has 0 radical (unpaired) electrons. The highest BCUT2D eigenvalue weighted by Gasteiger charge is 2.04. The van der Waals surface area contributed by atoms with Crippen molar-refractivity contribution in [2.75, 3.05) is 0 Å². The summed E-state index contributed by atoms with van der Waals surface area (Å²) in [6, 6.07) is 7.85. The summed E-state index contributed by atoms with van der Waals surface area (Å²) in [5.74, 6) is 0.261. The molecular weight excluding hydrogens is 237 g/mol. The molecule has 0 aliphatic carbocycles. The Morgan fingerprint density at radius 1 is 1.31 bits per heavy atom. The highest BCUT2D eigenvalue weighted by atomic mass is 79.9. The normalized spacial score (nSPS) is 10.3. The number of aromatic nitrogens is 1. The smallest absolute Gasteiger partial charge is 0.168 e. The number of benzene rings is 1. The predicted octanol–water partition coefficient (Wildman–Crippen LogP) is 3.24. The third-order valence-electron chi connectivity index (χ3n) is 1.59. The number of hydrogen-bond acceptors (Lipinski definition) is 2. The molecule has 0 aliphatic heterocycles. The van der Waals surface area contributed by atoms with Crippen LogP contribution in [0, 0.1) is 5.82 Å². The molecular formula is C9H5BrFNO. The van der Waals surface area contributed by atoms with E-state index in [2.05, 4.69) is 21.1 Å². The highest BCUT2D eigenvalue weighted by molar-refractivity contribution is 9.10. The second kappa shape index (κ2) is 3.30. The van der Waals surface area contributed by atoms with Gasteiger partial charge in [0.15, 0.2) is 5.76 Å². The van der Waals surface area contributed by atoms with Gasteiger partial charge in [0.2, 0.25) is 0 Å². The van der Waals surface area contributed by atoms with Gasteiger partial charge in [-0.2, -0.15) is 0 Å². The molecule has 0 unspecified atom stereocenters. The summed E-state index contributed by atoms with van der Waals surface area (Å²) in [7, 11) is 0. The largest absolute Gasteiger partial charge is 0.355 e. The van der Waals surface area contributed by atoms with E-state index in [-0.39, 0.29) is 5.82 Å². The van der Waals surface area contributed by atoms with Gasteiger partial charge in [-0.05, 0) is 28.1 Å². The summed E-state index contributed by atoms with van der Waals surface area (Å²) < 4.78 is 18.3. The Morgan fingerprint density at radius 2 is 2.15 bits per heavy atom. The molecule has 0 atom stereocenters. The Balaban J connectivity index is 2.46. The zero-order valence-electron chi connectivity index (χ0n) is 6.50. The summed E-state index contributed by atoms with van der Waals surface area (Å²) in [6.45, 7) is 0. The Kier molecular flexibility index (Phi) is 2.14. The van der Waals surface area contributed by atoms with Crippen molar-refractivity contribution < 1.29 is 8.91 Å². The standard InChI is InChI=1S/C9H5BrFNO/c10-9-5-8(13-12-9)6-2-1-3-7(11)4-6/h1-5H. The van der Waals surface area contributed by atoms with Crippen LogP contribution < -0.4 is 0 Å². The molecule has 0 N–H and O–H groups in total. The molecule has 2 nitrogen and oxygen atoms in total. The van der Waals surface area contributed by atoms with Gasteiger partial charge in [-0.1, -0.05) is 17.3 Å². The lowest BCUT2D eigenvalue weighted by Gasteiger charge is -1.93. The maximum atomic E-state index is 12.8. The van der Waals surface area contributed by atoms with Crippen molar-refractivity contribution >= 4 is 15.9 Å². The minimum Gasteiger partial charge on any atom is -0.355 e. The molecule has 0 fully saturated rings. The van der Waals surface area contributed by atoms with E-state index in [1.54, 1.807) is 18.2 Å². The van der Waals surface area contributed by atoms with Gasteiger partial charge in [0, 0.05) is 11.6 Å². The summed E-state index contributed by atoms with van der Waals surface area (Å²) in [6.07, 6.45) is 0. The van der Waals surface area contributed by atoms with Crippen LogP contribution in [-0.2, 0) is 0 Å². The lowest BCUT2D eigenvalue weighted by atomic mass is 10.2. The summed E-state index contributed by atoms with van der Waals surface area (Å²) in [4.78, 5) is 0. The molecule has 0 amide bonds. The fourth-order valence-electron chi connectivity index (χ4n) is 1.03. The lowest BCUT2D eigenvalue weighted by Crippen LogP contribution is -1.75. The third kappa shape index (κ3) is 1.78. The first-order valence-electron chi connectivity index (χ1n) is 3.64. The molecule has 1 heterocycles. The molecule has 0 saturated carbocycles. The zero-order valence-corrected chi connectivity index (χ0v) is 8.08. The number of halogens is 2. The van der Waals surface area contributed by atoms with Gasteiger partial charge in [-0.25, -0.2) is 4.39 Å². The van der Waals surface area contributed by atoms with Crippen molar-refractivity contribution in [3.8, 4) is 11.3 Å². The van der Waals surface area contributed by atoms with E-state index in [1.807, 2.05) is 0 Å². The van der Waals surface area contributed by atoms with Crippen LogP contribution in [0.25, 0.3) is 11.3 Å². The number of nitrogens with zero attached hydrogens (tertiary/aromatic N) is 1. The van der Waals surface area contributed by atoms with Gasteiger partial charge in [0.25, 0.3) is 0 Å². The van der Waals surface area contributed by atoms with Crippen LogP contribution in [0.1, 0.15) is 0 Å². The SMILES string of the molecule is Fc1cccc(-c2cc(Br)no2)c1. The second-order valence-corrected chi connectivity index (χ2v) is 3.34. The van der Waals surface area contributed by atoms with Crippen molar-refractivity contribution in [2.24, 2.45) is 0 Å². The molecule has 4 heteroatoms. The van der Waals surface area contributed by atoms with Gasteiger partial charge in [-0.3, -0.25) is 0 Å². The summed E-state index contributed by atoms with van der Waals surface area (Å²) >= 11 is 3.15. The van der Waals surface area contributed by atoms with Crippen molar-refractivity contribution in [1.29, 1.82) is 0 Å². The van der Waals surface area contributed by atoms with Crippen LogP contribution in [0.15, 0.2) is 39.5 Å². The lowest BCUT2D eigenvalue weighted by molar-refractivity contribution is 0.427. The molecule has 0 bridgehead atoms. The van der Waals surface area contributed by atoms with Crippen LogP contribution in [0.2, 0.25) is 0 Å². The van der Waals surface area contributed by atoms with E-state index >= 15 is 0 Å². The maximum absolute atomic E-state index is 12.8. The van der Waals surface area contributed by atoms with Crippen molar-refractivity contribution in [3.63, 3.8) is 0 Å². The van der Waals surface area contributed by atoms with Gasteiger partial charge in [-0.15, -0.1) is 0 Å². The van der Waals surface area contributed by atoms with Crippen LogP contribution in [0.5, 0.6) is 0 Å². The molecule has 2 rings (SSSR count). The Hall–Kier alpha value is -1.16. The van der Waals surface area contributed by atoms with Crippen molar-refractivity contribution in [2.45, 2.75) is 0 Å². The molecule has 1 aromatic heterocycles. The van der Waals surface area contributed by atoms with Crippen LogP contribution in [0.3, 0.4) is 0 Å². The molecule has 2 aromatic rings. The Morgan fingerprint density at radius 3 is 2.77 bits per heavy atom. The summed E-state index contributed by atoms with van der Waals surface area (Å²) in [5.41, 5.74) is 0.679. The number of rotatable bonds is 1. The van der Waals surface area contributed by atoms with Gasteiger partial charge >= 0.3 is 0 Å². The molecule has 1 aromatic carbocycles. The minimum atomic E-state index is -0.287. The monoisotopic (exact) mass is 241 g/mol. The van der Waals surface area contributed by atoms with Crippen LogP contribution in [-0.4, -0.2) is 5.16 Å². The fourth-order valence-corrected chi connectivity index (χ4v) is 1.31. The first kappa shape index (κ1) is 8.44. The molecule has 0 aliphatic rings. The first-order valence-corrected chi connectivity index (χ1v) is 4.43. The van der Waals surface area contributed by atoms with Gasteiger partial charge in [0.1, 0.15) is 10.4 Å². The second-order valence-electron chi connectivity index (χ2n) is 2.52. The Labute approximate surface area is 82.5 Å². The van der Waals surface area contributed by atoms with E-state index in [0.717, 1.165) is 0 Å². The first-order chi connectivity index (χ1) is 6.25. The van der Waals surface area contributed by atoms with E-state index in [9.17, 15) is 4.39 Å². The minimum absolute atomic E-state index is 0.287.